The molecule has 1 aliphatic heterocycles. The smallest absolute Gasteiger partial charge is 0.323 e. The highest BCUT2D eigenvalue weighted by Gasteiger charge is 2.39. The Morgan fingerprint density at radius 3 is 2.31 bits per heavy atom. The minimum absolute atomic E-state index is 0.0234. The van der Waals surface area contributed by atoms with Gasteiger partial charge in [0.05, 0.1) is 25.6 Å². The number of anilines is 2. The van der Waals surface area contributed by atoms with Crippen LogP contribution in [0, 0.1) is 0 Å². The molecule has 1 amide bonds. The van der Waals surface area contributed by atoms with E-state index >= 15 is 0 Å². The van der Waals surface area contributed by atoms with Crippen LogP contribution in [0.1, 0.15) is 24.8 Å². The maximum Gasteiger partial charge on any atom is 0.323 e. The van der Waals surface area contributed by atoms with Gasteiger partial charge in [-0.1, -0.05) is 42.5 Å². The molecule has 0 radical (unpaired) electrons. The number of benzene rings is 3. The molecular formula is C27H31N3O5S. The number of hydrogen-bond acceptors (Lipinski definition) is 6. The van der Waals surface area contributed by atoms with Crippen molar-refractivity contribution in [2.75, 3.05) is 36.9 Å². The third kappa shape index (κ3) is 5.91. The molecule has 3 aromatic rings. The van der Waals surface area contributed by atoms with Crippen LogP contribution in [-0.4, -0.2) is 41.6 Å². The van der Waals surface area contributed by atoms with Gasteiger partial charge in [0, 0.05) is 24.9 Å². The number of hydrogen-bond donors (Lipinski definition) is 2. The van der Waals surface area contributed by atoms with Gasteiger partial charge in [-0.25, -0.2) is 4.72 Å². The molecule has 36 heavy (non-hydrogen) atoms. The van der Waals surface area contributed by atoms with E-state index in [0.717, 1.165) is 17.0 Å². The summed E-state index contributed by atoms with van der Waals surface area (Å²) < 4.78 is 40.8. The third-order valence-electron chi connectivity index (χ3n) is 6.60. The first-order valence-corrected chi connectivity index (χ1v) is 13.2. The summed E-state index contributed by atoms with van der Waals surface area (Å²) in [5, 5.41) is 0. The van der Waals surface area contributed by atoms with Gasteiger partial charge in [-0.15, -0.1) is 0 Å². The number of methoxy groups -OCH3 is 2. The number of ether oxygens (including phenoxy) is 2. The first-order chi connectivity index (χ1) is 17.3. The molecule has 190 valence electrons. The Morgan fingerprint density at radius 2 is 1.61 bits per heavy atom. The van der Waals surface area contributed by atoms with Crippen molar-refractivity contribution in [3.05, 3.63) is 84.4 Å². The number of nitrogens with one attached hydrogen (secondary N) is 2. The quantitative estimate of drug-likeness (QED) is 0.451. The van der Waals surface area contributed by atoms with Gasteiger partial charge in [0.2, 0.25) is 5.91 Å². The molecule has 1 fully saturated rings. The van der Waals surface area contributed by atoms with Crippen LogP contribution in [-0.2, 0) is 20.4 Å². The van der Waals surface area contributed by atoms with Crippen LogP contribution in [0.5, 0.6) is 11.5 Å². The van der Waals surface area contributed by atoms with E-state index < -0.39 is 21.5 Å². The number of carbonyl (C=O) groups is 1. The maximum atomic E-state index is 13.1. The van der Waals surface area contributed by atoms with E-state index in [4.69, 9.17) is 9.47 Å². The number of amides is 1. The molecule has 2 N–H and O–H groups in total. The molecule has 1 saturated heterocycles. The lowest BCUT2D eigenvalue weighted by molar-refractivity contribution is -0.120. The summed E-state index contributed by atoms with van der Waals surface area (Å²) in [6.45, 7) is 1.36. The first kappa shape index (κ1) is 25.4. The Balaban J connectivity index is 1.55. The van der Waals surface area contributed by atoms with Crippen molar-refractivity contribution in [1.82, 2.24) is 4.72 Å². The molecule has 0 unspecified atom stereocenters. The molecule has 0 spiro atoms. The molecule has 8 nitrogen and oxygen atoms in total. The van der Waals surface area contributed by atoms with Gasteiger partial charge in [0.15, 0.2) is 0 Å². The van der Waals surface area contributed by atoms with Crippen molar-refractivity contribution in [1.29, 1.82) is 0 Å². The van der Waals surface area contributed by atoms with E-state index in [2.05, 4.69) is 14.3 Å². The predicted octanol–water partition coefficient (Wildman–Crippen LogP) is 4.11. The van der Waals surface area contributed by atoms with Crippen LogP contribution >= 0.6 is 0 Å². The maximum absolute atomic E-state index is 13.1. The van der Waals surface area contributed by atoms with E-state index in [9.17, 15) is 13.2 Å². The number of para-hydroxylation sites is 3. The fraction of sp³-hybridized carbons (Fsp3) is 0.296. The summed E-state index contributed by atoms with van der Waals surface area (Å²) in [7, 11) is -0.818. The lowest BCUT2D eigenvalue weighted by Gasteiger charge is -2.43. The molecule has 3 aromatic carbocycles. The zero-order chi connectivity index (χ0) is 25.6. The van der Waals surface area contributed by atoms with Crippen LogP contribution < -0.4 is 23.8 Å². The Kier molecular flexibility index (Phi) is 7.69. The zero-order valence-electron chi connectivity index (χ0n) is 20.4. The molecule has 1 heterocycles. The molecule has 9 heteroatoms. The normalized spacial score (nSPS) is 15.1. The SMILES string of the molecule is COc1cccc(C2(CC(=O)NS(=O)(=O)Nc3ccccc3)CCN(c3ccccc3OC)CC2)c1. The summed E-state index contributed by atoms with van der Waals surface area (Å²) in [6.07, 6.45) is 1.32. The molecule has 4 rings (SSSR count). The van der Waals surface area contributed by atoms with Crippen LogP contribution in [0.2, 0.25) is 0 Å². The second-order valence-electron chi connectivity index (χ2n) is 8.84. The lowest BCUT2D eigenvalue weighted by atomic mass is 9.70. The fourth-order valence-electron chi connectivity index (χ4n) is 4.77. The summed E-state index contributed by atoms with van der Waals surface area (Å²) in [6, 6.07) is 24.0. The van der Waals surface area contributed by atoms with Crippen molar-refractivity contribution >= 4 is 27.5 Å². The first-order valence-electron chi connectivity index (χ1n) is 11.8. The summed E-state index contributed by atoms with van der Waals surface area (Å²) in [5.74, 6) is 0.923. The van der Waals surface area contributed by atoms with Gasteiger partial charge in [-0.3, -0.25) is 9.52 Å². The van der Waals surface area contributed by atoms with Crippen molar-refractivity contribution in [2.24, 2.45) is 0 Å². The van der Waals surface area contributed by atoms with E-state index in [1.807, 2.05) is 48.5 Å². The van der Waals surface area contributed by atoms with Crippen molar-refractivity contribution in [3.8, 4) is 11.5 Å². The second kappa shape index (κ2) is 10.9. The highest BCUT2D eigenvalue weighted by Crippen LogP contribution is 2.42. The number of rotatable bonds is 9. The lowest BCUT2D eigenvalue weighted by Crippen LogP contribution is -2.46. The van der Waals surface area contributed by atoms with Crippen LogP contribution in [0.15, 0.2) is 78.9 Å². The summed E-state index contributed by atoms with van der Waals surface area (Å²) in [5.41, 5.74) is 1.77. The van der Waals surface area contributed by atoms with E-state index in [-0.39, 0.29) is 6.42 Å². The number of piperidine rings is 1. The molecule has 0 bridgehead atoms. The van der Waals surface area contributed by atoms with Gasteiger partial charge in [-0.2, -0.15) is 8.42 Å². The fourth-order valence-corrected chi connectivity index (χ4v) is 5.64. The monoisotopic (exact) mass is 509 g/mol. The highest BCUT2D eigenvalue weighted by atomic mass is 32.2. The van der Waals surface area contributed by atoms with Crippen LogP contribution in [0.4, 0.5) is 11.4 Å². The molecule has 0 saturated carbocycles. The van der Waals surface area contributed by atoms with Gasteiger partial charge in [0.25, 0.3) is 0 Å². The van der Waals surface area contributed by atoms with Crippen molar-refractivity contribution in [2.45, 2.75) is 24.7 Å². The van der Waals surface area contributed by atoms with Gasteiger partial charge >= 0.3 is 10.2 Å². The van der Waals surface area contributed by atoms with Gasteiger partial charge in [0.1, 0.15) is 11.5 Å². The largest absolute Gasteiger partial charge is 0.497 e. The topological polar surface area (TPSA) is 97.0 Å². The predicted molar refractivity (Wildman–Crippen MR) is 141 cm³/mol. The van der Waals surface area contributed by atoms with Crippen LogP contribution in [0.25, 0.3) is 0 Å². The average molecular weight is 510 g/mol. The Hall–Kier alpha value is -3.72. The molecule has 1 aliphatic rings. The number of nitrogens with zero attached hydrogens (tertiary/aromatic N) is 1. The van der Waals surface area contributed by atoms with Crippen molar-refractivity contribution in [3.63, 3.8) is 0 Å². The Morgan fingerprint density at radius 1 is 0.917 bits per heavy atom. The highest BCUT2D eigenvalue weighted by molar-refractivity contribution is 7.91. The average Bonchev–Trinajstić information content (AvgIpc) is 2.89. The third-order valence-corrected chi connectivity index (χ3v) is 7.60. The molecular weight excluding hydrogens is 478 g/mol. The zero-order valence-corrected chi connectivity index (χ0v) is 21.3. The van der Waals surface area contributed by atoms with Gasteiger partial charge in [-0.05, 0) is 54.8 Å². The second-order valence-corrected chi connectivity index (χ2v) is 10.3. The van der Waals surface area contributed by atoms with E-state index in [1.165, 1.54) is 0 Å². The Bertz CT molecular complexity index is 1290. The van der Waals surface area contributed by atoms with Crippen LogP contribution in [0.3, 0.4) is 0 Å². The summed E-state index contributed by atoms with van der Waals surface area (Å²) >= 11 is 0. The van der Waals surface area contributed by atoms with E-state index in [0.29, 0.717) is 37.4 Å². The standard InChI is InChI=1S/C27H31N3O5S/c1-34-23-12-8-9-21(19-23)27(15-17-30(18-16-27)24-13-6-7-14-25(24)35-2)20-26(31)29-36(32,33)28-22-10-4-3-5-11-22/h3-14,19,28H,15-18,20H2,1-2H3,(H,29,31). The van der Waals surface area contributed by atoms with Crippen molar-refractivity contribution < 1.29 is 22.7 Å². The van der Waals surface area contributed by atoms with Gasteiger partial charge < -0.3 is 14.4 Å². The molecule has 0 aromatic heterocycles. The molecule has 0 aliphatic carbocycles. The molecule has 0 atom stereocenters. The Labute approximate surface area is 212 Å². The minimum atomic E-state index is -4.07. The van der Waals surface area contributed by atoms with E-state index in [1.54, 1.807) is 44.6 Å². The summed E-state index contributed by atoms with van der Waals surface area (Å²) in [4.78, 5) is 15.3. The number of carbonyl (C=O) groups excluding carboxylic acids is 1. The minimum Gasteiger partial charge on any atom is -0.497 e.